The molecular weight excluding hydrogens is 626 g/mol. The van der Waals surface area contributed by atoms with Crippen LogP contribution in [0.15, 0.2) is 36.5 Å². The van der Waals surface area contributed by atoms with E-state index in [2.05, 4.69) is 15.7 Å². The number of aromatic nitrogens is 5. The summed E-state index contributed by atoms with van der Waals surface area (Å²) < 4.78 is 32.7. The Hall–Kier alpha value is -3.91. The molecule has 2 aromatic heterocycles. The first-order chi connectivity index (χ1) is 22.9. The number of anilines is 2. The van der Waals surface area contributed by atoms with E-state index in [0.29, 0.717) is 59.3 Å². The van der Waals surface area contributed by atoms with Crippen LogP contribution in [0.3, 0.4) is 0 Å². The van der Waals surface area contributed by atoms with Gasteiger partial charge >= 0.3 is 0 Å². The van der Waals surface area contributed by atoms with Crippen molar-refractivity contribution in [2.45, 2.75) is 77.5 Å². The van der Waals surface area contributed by atoms with Crippen molar-refractivity contribution < 1.29 is 28.5 Å². The van der Waals surface area contributed by atoms with E-state index in [1.165, 1.54) is 0 Å². The Balaban J connectivity index is 1.25. The summed E-state index contributed by atoms with van der Waals surface area (Å²) >= 11 is 6.95. The van der Waals surface area contributed by atoms with Gasteiger partial charge in [0, 0.05) is 30.2 Å². The third-order valence-corrected chi connectivity index (χ3v) is 8.44. The Morgan fingerprint density at radius 2 is 1.91 bits per heavy atom. The van der Waals surface area contributed by atoms with Crippen LogP contribution in [0.25, 0.3) is 22.3 Å². The largest absolute Gasteiger partial charge is 0.493 e. The van der Waals surface area contributed by atoms with Crippen molar-refractivity contribution in [3.63, 3.8) is 0 Å². The van der Waals surface area contributed by atoms with Gasteiger partial charge in [0.1, 0.15) is 0 Å². The maximum atomic E-state index is 12.1. The van der Waals surface area contributed by atoms with Crippen LogP contribution in [0, 0.1) is 0 Å². The first-order valence-corrected chi connectivity index (χ1v) is 16.6. The Bertz CT molecular complexity index is 1660. The number of benzene rings is 2. The van der Waals surface area contributed by atoms with Crippen molar-refractivity contribution in [3.05, 3.63) is 41.6 Å². The molecule has 13 nitrogen and oxygen atoms in total. The van der Waals surface area contributed by atoms with Crippen molar-refractivity contribution in [1.82, 2.24) is 29.9 Å². The Kier molecular flexibility index (Phi) is 10.8. The molecule has 4 heterocycles. The molecule has 2 atom stereocenters. The van der Waals surface area contributed by atoms with Crippen molar-refractivity contribution in [2.75, 3.05) is 38.9 Å². The average Bonchev–Trinajstić information content (AvgIpc) is 3.70. The zero-order chi connectivity index (χ0) is 32.8. The Morgan fingerprint density at radius 1 is 1.09 bits per heavy atom. The summed E-state index contributed by atoms with van der Waals surface area (Å²) in [4.78, 5) is 17.0. The Labute approximate surface area is 278 Å². The molecular formula is C33H42ClN7O6. The zero-order valence-corrected chi connectivity index (χ0v) is 27.8. The third kappa shape index (κ3) is 7.98. The third-order valence-electron chi connectivity index (χ3n) is 8.04. The van der Waals surface area contributed by atoms with Gasteiger partial charge < -0.3 is 34.3 Å². The number of rotatable bonds is 13. The number of hydrogen-bond acceptors (Lipinski definition) is 10. The molecule has 2 unspecified atom stereocenters. The first-order valence-electron chi connectivity index (χ1n) is 16.2. The number of halogens is 1. The molecule has 4 aromatic rings. The monoisotopic (exact) mass is 667 g/mol. The number of fused-ring (bicyclic) bond motifs is 1. The highest BCUT2D eigenvalue weighted by Gasteiger charge is 2.22. The first kappa shape index (κ1) is 33.0. The van der Waals surface area contributed by atoms with E-state index >= 15 is 0 Å². The second kappa shape index (κ2) is 15.3. The van der Waals surface area contributed by atoms with Gasteiger partial charge in [-0.2, -0.15) is 10.1 Å². The number of methoxy groups -OCH3 is 1. The number of hydrogen-bond donors (Lipinski definition) is 2. The van der Waals surface area contributed by atoms with Crippen molar-refractivity contribution in [2.24, 2.45) is 0 Å². The highest BCUT2D eigenvalue weighted by Crippen LogP contribution is 2.36. The van der Waals surface area contributed by atoms with E-state index in [-0.39, 0.29) is 31.1 Å². The lowest BCUT2D eigenvalue weighted by molar-refractivity contribution is -0.163. The molecule has 2 aliphatic heterocycles. The molecule has 0 aliphatic carbocycles. The highest BCUT2D eigenvalue weighted by molar-refractivity contribution is 6.38. The number of carbonyl (C=O) groups excluding carboxylic acids is 1. The van der Waals surface area contributed by atoms with Crippen LogP contribution in [0.2, 0.25) is 5.02 Å². The normalized spacial score (nSPS) is 18.4. The van der Waals surface area contributed by atoms with Gasteiger partial charge in [-0.05, 0) is 82.7 Å². The topological polar surface area (TPSA) is 136 Å². The quantitative estimate of drug-likeness (QED) is 0.179. The minimum absolute atomic E-state index is 0.0191. The fourth-order valence-electron chi connectivity index (χ4n) is 5.71. The van der Waals surface area contributed by atoms with E-state index in [4.69, 9.17) is 45.4 Å². The van der Waals surface area contributed by atoms with Crippen LogP contribution in [0.1, 0.15) is 58.6 Å². The molecule has 2 N–H and O–H groups in total. The van der Waals surface area contributed by atoms with E-state index in [9.17, 15) is 4.79 Å². The Morgan fingerprint density at radius 3 is 2.66 bits per heavy atom. The minimum atomic E-state index is -0.218. The van der Waals surface area contributed by atoms with Crippen molar-refractivity contribution in [1.29, 1.82) is 0 Å². The number of nitrogens with one attached hydrogen (secondary N) is 2. The van der Waals surface area contributed by atoms with Crippen molar-refractivity contribution in [3.8, 4) is 22.9 Å². The van der Waals surface area contributed by atoms with Gasteiger partial charge in [-0.1, -0.05) is 11.6 Å². The van der Waals surface area contributed by atoms with Gasteiger partial charge in [0.05, 0.1) is 42.7 Å². The lowest BCUT2D eigenvalue weighted by atomic mass is 10.2. The molecule has 0 radical (unpaired) electrons. The fraction of sp³-hybridized carbons (Fsp3) is 0.515. The van der Waals surface area contributed by atoms with E-state index in [1.54, 1.807) is 30.1 Å². The lowest BCUT2D eigenvalue weighted by Gasteiger charge is -2.23. The minimum Gasteiger partial charge on any atom is -0.493 e. The molecule has 0 spiro atoms. The number of nitrogens with zero attached hydrogens (tertiary/aromatic N) is 5. The summed E-state index contributed by atoms with van der Waals surface area (Å²) in [5.41, 5.74) is 2.28. The maximum Gasteiger partial charge on any atom is 0.258 e. The van der Waals surface area contributed by atoms with E-state index in [0.717, 1.165) is 56.0 Å². The predicted octanol–water partition coefficient (Wildman–Crippen LogP) is 5.85. The van der Waals surface area contributed by atoms with Gasteiger partial charge in [-0.15, -0.1) is 5.10 Å². The van der Waals surface area contributed by atoms with E-state index < -0.39 is 0 Å². The zero-order valence-electron chi connectivity index (χ0n) is 27.0. The summed E-state index contributed by atoms with van der Waals surface area (Å²) in [7, 11) is 1.55. The van der Waals surface area contributed by atoms with Gasteiger partial charge in [0.2, 0.25) is 5.95 Å². The molecule has 47 heavy (non-hydrogen) atoms. The van der Waals surface area contributed by atoms with Crippen LogP contribution < -0.4 is 20.1 Å². The van der Waals surface area contributed by atoms with Crippen LogP contribution >= 0.6 is 11.6 Å². The fourth-order valence-corrected chi connectivity index (χ4v) is 5.97. The maximum absolute atomic E-state index is 12.1. The second-order valence-electron chi connectivity index (χ2n) is 11.9. The summed E-state index contributed by atoms with van der Waals surface area (Å²) in [6, 6.07) is 9.28. The summed E-state index contributed by atoms with van der Waals surface area (Å²) in [6.45, 7) is 5.91. The van der Waals surface area contributed by atoms with Gasteiger partial charge in [0.25, 0.3) is 5.91 Å². The molecule has 1 amide bonds. The van der Waals surface area contributed by atoms with Gasteiger partial charge in [-0.3, -0.25) is 4.79 Å². The molecule has 0 saturated carbocycles. The molecule has 2 fully saturated rings. The molecule has 0 bridgehead atoms. The predicted molar refractivity (Wildman–Crippen MR) is 177 cm³/mol. The number of ether oxygens (including phenoxy) is 5. The molecule has 2 aromatic carbocycles. The van der Waals surface area contributed by atoms with E-state index in [1.807, 2.05) is 36.7 Å². The average molecular weight is 668 g/mol. The smallest absolute Gasteiger partial charge is 0.258 e. The number of amides is 1. The SMILES string of the molecule is COc1cc(-c2nc(Nc3ccc4c(cnn4C4CCCCO4)c3Cl)n(CCOC3CCCCO3)n2)ccc1OCC(=O)NC(C)C. The molecule has 2 aliphatic rings. The summed E-state index contributed by atoms with van der Waals surface area (Å²) in [5.74, 6) is 1.63. The summed E-state index contributed by atoms with van der Waals surface area (Å²) in [5, 5.41) is 17.0. The van der Waals surface area contributed by atoms with Crippen LogP contribution in [-0.2, 0) is 25.5 Å². The molecule has 14 heteroatoms. The van der Waals surface area contributed by atoms with Crippen LogP contribution in [0.5, 0.6) is 11.5 Å². The standard InChI is InChI=1S/C33H42ClN7O6/c1-21(2)36-28(42)20-47-26-13-10-22(18-27(26)43-3)32-38-33(40(39-32)14-17-46-30-9-5-7-16-45-30)37-24-11-12-25-23(31(24)34)19-35-41(25)29-8-4-6-15-44-29/h10-13,18-19,21,29-30H,4-9,14-17,20H2,1-3H3,(H,36,42)(H,37,38,39). The summed E-state index contributed by atoms with van der Waals surface area (Å²) in [6.07, 6.45) is 7.55. The van der Waals surface area contributed by atoms with Crippen LogP contribution in [-0.4, -0.2) is 76.3 Å². The van der Waals surface area contributed by atoms with Crippen LogP contribution in [0.4, 0.5) is 11.6 Å². The molecule has 6 rings (SSSR count). The lowest BCUT2D eigenvalue weighted by Crippen LogP contribution is -2.34. The molecule has 252 valence electrons. The highest BCUT2D eigenvalue weighted by atomic mass is 35.5. The number of carbonyl (C=O) groups is 1. The van der Waals surface area contributed by atoms with Gasteiger partial charge in [0.15, 0.2) is 36.4 Å². The van der Waals surface area contributed by atoms with Crippen molar-refractivity contribution >= 4 is 40.0 Å². The van der Waals surface area contributed by atoms with Gasteiger partial charge in [-0.25, -0.2) is 9.36 Å². The molecule has 2 saturated heterocycles. The second-order valence-corrected chi connectivity index (χ2v) is 12.3.